The van der Waals surface area contributed by atoms with Crippen LogP contribution in [-0.4, -0.2) is 54.9 Å². The molecule has 1 aromatic rings. The predicted octanol–water partition coefficient (Wildman–Crippen LogP) is 1.79. The van der Waals surface area contributed by atoms with Crippen LogP contribution in [-0.2, 0) is 19.6 Å². The van der Waals surface area contributed by atoms with Gasteiger partial charge < -0.3 is 10.2 Å². The minimum Gasteiger partial charge on any atom is -0.350 e. The SMILES string of the molecule is Cc1ccc(S(=O)(=O)NCCC(=O)N2CSCC2C(=O)NC(C)(C)C)cc1C. The molecule has 0 radical (unpaired) electrons. The third-order valence-electron chi connectivity index (χ3n) is 4.42. The molecule has 28 heavy (non-hydrogen) atoms. The average Bonchev–Trinajstić information content (AvgIpc) is 3.05. The van der Waals surface area contributed by atoms with E-state index >= 15 is 0 Å². The number of thioether (sulfide) groups is 1. The van der Waals surface area contributed by atoms with E-state index in [2.05, 4.69) is 10.0 Å². The largest absolute Gasteiger partial charge is 0.350 e. The van der Waals surface area contributed by atoms with Crippen molar-refractivity contribution in [1.82, 2.24) is 14.9 Å². The normalized spacial score (nSPS) is 17.6. The molecule has 0 aromatic heterocycles. The molecule has 1 saturated heterocycles. The van der Waals surface area contributed by atoms with Crippen molar-refractivity contribution in [3.8, 4) is 0 Å². The number of nitrogens with zero attached hydrogens (tertiary/aromatic N) is 1. The van der Waals surface area contributed by atoms with Crippen LogP contribution >= 0.6 is 11.8 Å². The number of carbonyl (C=O) groups is 2. The van der Waals surface area contributed by atoms with Crippen LogP contribution in [0.3, 0.4) is 0 Å². The fourth-order valence-electron chi connectivity index (χ4n) is 2.76. The second kappa shape index (κ2) is 8.84. The molecule has 1 atom stereocenters. The maximum Gasteiger partial charge on any atom is 0.244 e. The van der Waals surface area contributed by atoms with Gasteiger partial charge in [0, 0.05) is 24.3 Å². The smallest absolute Gasteiger partial charge is 0.244 e. The Morgan fingerprint density at radius 3 is 2.50 bits per heavy atom. The molecule has 0 saturated carbocycles. The zero-order valence-electron chi connectivity index (χ0n) is 17.0. The number of carbonyl (C=O) groups excluding carboxylic acids is 2. The first-order chi connectivity index (χ1) is 12.9. The molecule has 1 heterocycles. The molecule has 0 bridgehead atoms. The molecule has 2 N–H and O–H groups in total. The van der Waals surface area contributed by atoms with Crippen LogP contribution in [0.25, 0.3) is 0 Å². The summed E-state index contributed by atoms with van der Waals surface area (Å²) >= 11 is 1.52. The number of rotatable bonds is 6. The lowest BCUT2D eigenvalue weighted by Gasteiger charge is -2.27. The number of sulfonamides is 1. The van der Waals surface area contributed by atoms with E-state index < -0.39 is 16.1 Å². The molecular formula is C19H29N3O4S2. The van der Waals surface area contributed by atoms with Gasteiger partial charge in [-0.15, -0.1) is 11.8 Å². The minimum absolute atomic E-state index is 0.00390. The molecular weight excluding hydrogens is 398 g/mol. The van der Waals surface area contributed by atoms with E-state index in [9.17, 15) is 18.0 Å². The average molecular weight is 428 g/mol. The van der Waals surface area contributed by atoms with Crippen LogP contribution in [0.4, 0.5) is 0 Å². The lowest BCUT2D eigenvalue weighted by atomic mass is 10.1. The van der Waals surface area contributed by atoms with Crippen LogP contribution in [0.5, 0.6) is 0 Å². The number of hydrogen-bond donors (Lipinski definition) is 2. The monoisotopic (exact) mass is 427 g/mol. The summed E-state index contributed by atoms with van der Waals surface area (Å²) in [6.45, 7) is 9.43. The molecule has 7 nitrogen and oxygen atoms in total. The molecule has 0 spiro atoms. The molecule has 9 heteroatoms. The fourth-order valence-corrected chi connectivity index (χ4v) is 5.06. The molecule has 1 aliphatic heterocycles. The summed E-state index contributed by atoms with van der Waals surface area (Å²) < 4.78 is 27.3. The number of benzene rings is 1. The summed E-state index contributed by atoms with van der Waals surface area (Å²) in [4.78, 5) is 26.7. The summed E-state index contributed by atoms with van der Waals surface area (Å²) in [6, 6.07) is 4.41. The minimum atomic E-state index is -3.68. The van der Waals surface area contributed by atoms with Crippen LogP contribution in [0.1, 0.15) is 38.3 Å². The highest BCUT2D eigenvalue weighted by Crippen LogP contribution is 2.22. The van der Waals surface area contributed by atoms with Gasteiger partial charge in [-0.25, -0.2) is 13.1 Å². The molecule has 2 rings (SSSR count). The van der Waals surface area contributed by atoms with Crippen LogP contribution in [0, 0.1) is 13.8 Å². The number of aryl methyl sites for hydroxylation is 2. The third kappa shape index (κ3) is 5.96. The highest BCUT2D eigenvalue weighted by atomic mass is 32.2. The Morgan fingerprint density at radius 2 is 1.89 bits per heavy atom. The van der Waals surface area contributed by atoms with E-state index in [0.29, 0.717) is 11.6 Å². The van der Waals surface area contributed by atoms with Crippen molar-refractivity contribution in [1.29, 1.82) is 0 Å². The van der Waals surface area contributed by atoms with E-state index in [4.69, 9.17) is 0 Å². The van der Waals surface area contributed by atoms with Crippen molar-refractivity contribution in [2.24, 2.45) is 0 Å². The van der Waals surface area contributed by atoms with Crippen molar-refractivity contribution < 1.29 is 18.0 Å². The van der Waals surface area contributed by atoms with E-state index in [1.807, 2.05) is 34.6 Å². The molecule has 1 aromatic carbocycles. The van der Waals surface area contributed by atoms with E-state index in [0.717, 1.165) is 11.1 Å². The molecule has 1 fully saturated rings. The van der Waals surface area contributed by atoms with Crippen molar-refractivity contribution >= 4 is 33.6 Å². The summed E-state index contributed by atoms with van der Waals surface area (Å²) in [5, 5.41) is 2.90. The highest BCUT2D eigenvalue weighted by molar-refractivity contribution is 7.99. The van der Waals surface area contributed by atoms with E-state index in [1.54, 1.807) is 18.2 Å². The van der Waals surface area contributed by atoms with Crippen molar-refractivity contribution in [2.75, 3.05) is 18.2 Å². The lowest BCUT2D eigenvalue weighted by molar-refractivity contribution is -0.138. The van der Waals surface area contributed by atoms with Gasteiger partial charge in [0.2, 0.25) is 21.8 Å². The second-order valence-corrected chi connectivity index (χ2v) is 10.8. The van der Waals surface area contributed by atoms with Gasteiger partial charge in [-0.2, -0.15) is 0 Å². The number of hydrogen-bond acceptors (Lipinski definition) is 5. The standard InChI is InChI=1S/C19H29N3O4S2/c1-13-6-7-15(10-14(13)2)28(25,26)20-9-8-17(23)22-12-27-11-16(22)18(24)21-19(3,4)5/h6-7,10,16,20H,8-9,11-12H2,1-5H3,(H,21,24). The molecule has 1 unspecified atom stereocenters. The van der Waals surface area contributed by atoms with Gasteiger partial charge in [0.25, 0.3) is 0 Å². The quantitative estimate of drug-likeness (QED) is 0.722. The van der Waals surface area contributed by atoms with Crippen molar-refractivity contribution in [3.63, 3.8) is 0 Å². The first kappa shape index (κ1) is 22.7. The van der Waals surface area contributed by atoms with Gasteiger partial charge in [0.05, 0.1) is 10.8 Å². The Morgan fingerprint density at radius 1 is 1.21 bits per heavy atom. The Labute approximate surface area is 171 Å². The third-order valence-corrected chi connectivity index (χ3v) is 6.89. The Hall–Kier alpha value is -1.58. The first-order valence-corrected chi connectivity index (χ1v) is 11.8. The van der Waals surface area contributed by atoms with Crippen LogP contribution in [0.2, 0.25) is 0 Å². The molecule has 2 amide bonds. The van der Waals surface area contributed by atoms with Crippen molar-refractivity contribution in [2.45, 2.75) is 57.5 Å². The Balaban J connectivity index is 1.94. The van der Waals surface area contributed by atoms with Gasteiger partial charge in [-0.3, -0.25) is 9.59 Å². The maximum atomic E-state index is 12.5. The predicted molar refractivity (Wildman–Crippen MR) is 112 cm³/mol. The zero-order chi connectivity index (χ0) is 21.1. The summed E-state index contributed by atoms with van der Waals surface area (Å²) in [6.07, 6.45) is 0.00390. The van der Waals surface area contributed by atoms with Crippen LogP contribution < -0.4 is 10.0 Å². The summed E-state index contributed by atoms with van der Waals surface area (Å²) in [5.41, 5.74) is 1.53. The van der Waals surface area contributed by atoms with Gasteiger partial charge >= 0.3 is 0 Å². The number of nitrogens with one attached hydrogen (secondary N) is 2. The van der Waals surface area contributed by atoms with Crippen LogP contribution in [0.15, 0.2) is 23.1 Å². The summed E-state index contributed by atoms with van der Waals surface area (Å²) in [5.74, 6) is 0.566. The maximum absolute atomic E-state index is 12.5. The van der Waals surface area contributed by atoms with Gasteiger partial charge in [0.15, 0.2) is 0 Å². The Bertz CT molecular complexity index is 847. The topological polar surface area (TPSA) is 95.6 Å². The van der Waals surface area contributed by atoms with Gasteiger partial charge in [-0.05, 0) is 57.9 Å². The highest BCUT2D eigenvalue weighted by Gasteiger charge is 2.35. The Kier molecular flexibility index (Phi) is 7.17. The van der Waals surface area contributed by atoms with Crippen molar-refractivity contribution in [3.05, 3.63) is 29.3 Å². The van der Waals surface area contributed by atoms with Gasteiger partial charge in [-0.1, -0.05) is 6.07 Å². The first-order valence-electron chi connectivity index (χ1n) is 9.17. The second-order valence-electron chi connectivity index (χ2n) is 8.01. The number of amides is 2. The molecule has 1 aliphatic rings. The lowest BCUT2D eigenvalue weighted by Crippen LogP contribution is -2.52. The summed E-state index contributed by atoms with van der Waals surface area (Å²) in [7, 11) is -3.68. The zero-order valence-corrected chi connectivity index (χ0v) is 18.7. The van der Waals surface area contributed by atoms with Gasteiger partial charge in [0.1, 0.15) is 6.04 Å². The van der Waals surface area contributed by atoms with E-state index in [-0.39, 0.29) is 35.2 Å². The molecule has 156 valence electrons. The fraction of sp³-hybridized carbons (Fsp3) is 0.579. The molecule has 0 aliphatic carbocycles. The van der Waals surface area contributed by atoms with E-state index in [1.165, 1.54) is 16.7 Å².